The van der Waals surface area contributed by atoms with Crippen molar-refractivity contribution in [1.82, 2.24) is 5.32 Å². The molecule has 0 aromatic heterocycles. The summed E-state index contributed by atoms with van der Waals surface area (Å²) in [6.45, 7) is 5.24. The van der Waals surface area contributed by atoms with Crippen molar-refractivity contribution in [2.45, 2.75) is 64.2 Å². The van der Waals surface area contributed by atoms with E-state index < -0.39 is 29.7 Å². The molecule has 0 aliphatic heterocycles. The fraction of sp³-hybridized carbons (Fsp3) is 0.846. The first-order chi connectivity index (χ1) is 8.69. The van der Waals surface area contributed by atoms with Crippen LogP contribution in [0.25, 0.3) is 0 Å². The van der Waals surface area contributed by atoms with Gasteiger partial charge in [0, 0.05) is 0 Å². The number of carbonyl (C=O) groups is 2. The number of nitrogens with one attached hydrogen (secondary N) is 1. The Labute approximate surface area is 113 Å². The lowest BCUT2D eigenvalue weighted by Gasteiger charge is -2.32. The van der Waals surface area contributed by atoms with Crippen molar-refractivity contribution in [1.29, 1.82) is 0 Å². The van der Waals surface area contributed by atoms with Gasteiger partial charge >= 0.3 is 6.09 Å². The smallest absolute Gasteiger partial charge is 0.407 e. The molecule has 1 fully saturated rings. The first kappa shape index (κ1) is 15.8. The van der Waals surface area contributed by atoms with Gasteiger partial charge < -0.3 is 20.9 Å². The van der Waals surface area contributed by atoms with Gasteiger partial charge in [0.2, 0.25) is 5.91 Å². The molecule has 0 bridgehead atoms. The molecular weight excluding hydrogens is 248 g/mol. The Bertz CT molecular complexity index is 334. The molecule has 2 amide bonds. The lowest BCUT2D eigenvalue weighted by Crippen LogP contribution is -2.51. The van der Waals surface area contributed by atoms with Crippen molar-refractivity contribution < 1.29 is 19.4 Å². The van der Waals surface area contributed by atoms with Crippen LogP contribution in [0.2, 0.25) is 0 Å². The summed E-state index contributed by atoms with van der Waals surface area (Å²) in [7, 11) is 0. The van der Waals surface area contributed by atoms with E-state index in [0.29, 0.717) is 12.3 Å². The third kappa shape index (κ3) is 5.46. The van der Waals surface area contributed by atoms with Crippen LogP contribution in [0.1, 0.15) is 46.5 Å². The molecule has 6 nitrogen and oxygen atoms in total. The summed E-state index contributed by atoms with van der Waals surface area (Å²) in [6.07, 6.45) is 1.78. The second kappa shape index (κ2) is 6.23. The standard InChI is InChI=1S/C13H24N2O4/c1-13(2,3)19-12(18)15-9(10(16)11(14)17)7-8-5-4-6-8/h8-10,16H,4-7H2,1-3H3,(H2,14,17)(H,15,18)/t9-,10-/m0/s1. The Morgan fingerprint density at radius 1 is 1.42 bits per heavy atom. The van der Waals surface area contributed by atoms with Gasteiger partial charge in [0.25, 0.3) is 0 Å². The number of hydrogen-bond donors (Lipinski definition) is 3. The molecule has 1 aliphatic rings. The lowest BCUT2D eigenvalue weighted by molar-refractivity contribution is -0.127. The maximum absolute atomic E-state index is 11.7. The van der Waals surface area contributed by atoms with Gasteiger partial charge in [-0.05, 0) is 33.1 Å². The maximum atomic E-state index is 11.7. The van der Waals surface area contributed by atoms with Gasteiger partial charge in [0.15, 0.2) is 6.10 Å². The molecule has 1 aliphatic carbocycles. The molecule has 1 saturated carbocycles. The molecule has 2 atom stereocenters. The van der Waals surface area contributed by atoms with Crippen molar-refractivity contribution in [3.63, 3.8) is 0 Å². The molecule has 0 radical (unpaired) electrons. The van der Waals surface area contributed by atoms with E-state index in [-0.39, 0.29) is 0 Å². The molecule has 4 N–H and O–H groups in total. The Morgan fingerprint density at radius 3 is 2.37 bits per heavy atom. The average Bonchev–Trinajstić information content (AvgIpc) is 2.17. The van der Waals surface area contributed by atoms with E-state index in [9.17, 15) is 14.7 Å². The Kier molecular flexibility index (Phi) is 5.17. The topological polar surface area (TPSA) is 102 Å². The summed E-state index contributed by atoms with van der Waals surface area (Å²) in [6, 6.07) is -0.683. The van der Waals surface area contributed by atoms with Gasteiger partial charge in [-0.25, -0.2) is 4.79 Å². The van der Waals surface area contributed by atoms with Crippen LogP contribution in [0.4, 0.5) is 4.79 Å². The second-order valence-electron chi connectivity index (χ2n) is 6.13. The molecule has 0 spiro atoms. The Morgan fingerprint density at radius 2 is 2.00 bits per heavy atom. The van der Waals surface area contributed by atoms with Gasteiger partial charge in [-0.2, -0.15) is 0 Å². The number of ether oxygens (including phenoxy) is 1. The highest BCUT2D eigenvalue weighted by Gasteiger charge is 2.31. The van der Waals surface area contributed by atoms with Crippen LogP contribution in [0.3, 0.4) is 0 Å². The molecule has 0 aromatic carbocycles. The zero-order valence-corrected chi connectivity index (χ0v) is 11.8. The molecule has 6 heteroatoms. The Hall–Kier alpha value is -1.30. The summed E-state index contributed by atoms with van der Waals surface area (Å²) in [5.41, 5.74) is 4.47. The van der Waals surface area contributed by atoms with Crippen LogP contribution < -0.4 is 11.1 Å². The monoisotopic (exact) mass is 272 g/mol. The number of hydrogen-bond acceptors (Lipinski definition) is 4. The van der Waals surface area contributed by atoms with E-state index in [4.69, 9.17) is 10.5 Å². The number of amides is 2. The zero-order chi connectivity index (χ0) is 14.6. The predicted molar refractivity (Wildman–Crippen MR) is 70.3 cm³/mol. The van der Waals surface area contributed by atoms with Crippen LogP contribution in [0.5, 0.6) is 0 Å². The molecule has 0 unspecified atom stereocenters. The number of rotatable bonds is 5. The van der Waals surface area contributed by atoms with Gasteiger partial charge in [-0.1, -0.05) is 19.3 Å². The quantitative estimate of drug-likeness (QED) is 0.692. The van der Waals surface area contributed by atoms with Crippen LogP contribution in [0, 0.1) is 5.92 Å². The first-order valence-electron chi connectivity index (χ1n) is 6.66. The van der Waals surface area contributed by atoms with Crippen molar-refractivity contribution in [2.75, 3.05) is 0 Å². The summed E-state index contributed by atoms with van der Waals surface area (Å²) in [4.78, 5) is 22.8. The van der Waals surface area contributed by atoms with Crippen LogP contribution >= 0.6 is 0 Å². The molecule has 1 rings (SSSR count). The van der Waals surface area contributed by atoms with E-state index in [1.54, 1.807) is 20.8 Å². The van der Waals surface area contributed by atoms with Crippen LogP contribution in [-0.2, 0) is 9.53 Å². The van der Waals surface area contributed by atoms with E-state index >= 15 is 0 Å². The van der Waals surface area contributed by atoms with E-state index in [1.165, 1.54) is 0 Å². The number of alkyl carbamates (subject to hydrolysis) is 1. The number of aliphatic hydroxyl groups excluding tert-OH is 1. The zero-order valence-electron chi connectivity index (χ0n) is 11.8. The van der Waals surface area contributed by atoms with Gasteiger partial charge in [0.05, 0.1) is 6.04 Å². The van der Waals surface area contributed by atoms with E-state index in [2.05, 4.69) is 5.32 Å². The number of nitrogens with two attached hydrogens (primary N) is 1. The van der Waals surface area contributed by atoms with Gasteiger partial charge in [0.1, 0.15) is 5.60 Å². The van der Waals surface area contributed by atoms with Crippen LogP contribution in [0.15, 0.2) is 0 Å². The van der Waals surface area contributed by atoms with Gasteiger partial charge in [-0.15, -0.1) is 0 Å². The second-order valence-corrected chi connectivity index (χ2v) is 6.13. The van der Waals surface area contributed by atoms with Gasteiger partial charge in [-0.3, -0.25) is 4.79 Å². The summed E-state index contributed by atoms with van der Waals surface area (Å²) >= 11 is 0. The molecule has 0 aromatic rings. The van der Waals surface area contributed by atoms with Crippen LogP contribution in [-0.4, -0.2) is 34.9 Å². The molecular formula is C13H24N2O4. The minimum absolute atomic E-state index is 0.425. The first-order valence-corrected chi connectivity index (χ1v) is 6.66. The molecule has 0 heterocycles. The summed E-state index contributed by atoms with van der Waals surface area (Å²) in [5.74, 6) is -0.408. The number of carbonyl (C=O) groups excluding carboxylic acids is 2. The molecule has 0 saturated heterocycles. The van der Waals surface area contributed by atoms with E-state index in [0.717, 1.165) is 19.3 Å². The molecule has 110 valence electrons. The minimum Gasteiger partial charge on any atom is -0.444 e. The summed E-state index contributed by atoms with van der Waals surface area (Å²) < 4.78 is 5.12. The third-order valence-corrected chi connectivity index (χ3v) is 3.19. The van der Waals surface area contributed by atoms with E-state index in [1.807, 2.05) is 0 Å². The fourth-order valence-corrected chi connectivity index (χ4v) is 2.01. The molecule has 19 heavy (non-hydrogen) atoms. The number of primary amides is 1. The van der Waals surface area contributed by atoms with Crippen molar-refractivity contribution in [3.8, 4) is 0 Å². The fourth-order valence-electron chi connectivity index (χ4n) is 2.01. The SMILES string of the molecule is CC(C)(C)OC(=O)N[C@@H](CC1CCC1)[C@H](O)C(N)=O. The third-order valence-electron chi connectivity index (χ3n) is 3.19. The average molecular weight is 272 g/mol. The largest absolute Gasteiger partial charge is 0.444 e. The minimum atomic E-state index is -1.38. The van der Waals surface area contributed by atoms with Crippen molar-refractivity contribution >= 4 is 12.0 Å². The highest BCUT2D eigenvalue weighted by Crippen LogP contribution is 2.31. The number of aliphatic hydroxyl groups is 1. The Balaban J connectivity index is 2.57. The maximum Gasteiger partial charge on any atom is 0.407 e. The normalized spacial score (nSPS) is 19.2. The highest BCUT2D eigenvalue weighted by molar-refractivity contribution is 5.80. The van der Waals surface area contributed by atoms with Crippen molar-refractivity contribution in [3.05, 3.63) is 0 Å². The predicted octanol–water partition coefficient (Wildman–Crippen LogP) is 0.916. The van der Waals surface area contributed by atoms with Crippen molar-refractivity contribution in [2.24, 2.45) is 11.7 Å². The highest BCUT2D eigenvalue weighted by atomic mass is 16.6. The summed E-state index contributed by atoms with van der Waals surface area (Å²) in [5, 5.41) is 12.3. The lowest BCUT2D eigenvalue weighted by atomic mass is 9.80.